The smallest absolute Gasteiger partial charge is 0.0747 e. The van der Waals surface area contributed by atoms with Crippen LogP contribution in [0.2, 0.25) is 10.0 Å². The molecule has 4 heteroatoms. The van der Waals surface area contributed by atoms with Crippen molar-refractivity contribution in [1.29, 1.82) is 0 Å². The fourth-order valence-electron chi connectivity index (χ4n) is 1.56. The highest BCUT2D eigenvalue weighted by Gasteiger charge is 2.08. The van der Waals surface area contributed by atoms with Crippen LogP contribution in [0.1, 0.15) is 5.56 Å². The minimum Gasteiger partial charge on any atom is -0.397 e. The van der Waals surface area contributed by atoms with E-state index in [1.807, 2.05) is 19.1 Å². The fraction of sp³-hybridized carbons (Fsp3) is 0.0833. The number of nitrogen functional groups attached to an aromatic ring is 1. The maximum atomic E-state index is 6.12. The molecule has 16 heavy (non-hydrogen) atoms. The first kappa shape index (κ1) is 11.2. The van der Waals surface area contributed by atoms with E-state index in [2.05, 4.69) is 4.98 Å². The molecule has 0 atom stereocenters. The molecule has 2 rings (SSSR count). The largest absolute Gasteiger partial charge is 0.397 e. The van der Waals surface area contributed by atoms with Gasteiger partial charge in [0.1, 0.15) is 0 Å². The van der Waals surface area contributed by atoms with Crippen molar-refractivity contribution in [1.82, 2.24) is 4.98 Å². The number of hydrogen-bond acceptors (Lipinski definition) is 2. The number of aryl methyl sites for hydroxylation is 1. The molecule has 0 saturated carbocycles. The van der Waals surface area contributed by atoms with Gasteiger partial charge >= 0.3 is 0 Å². The predicted molar refractivity (Wildman–Crippen MR) is 68.8 cm³/mol. The summed E-state index contributed by atoms with van der Waals surface area (Å²) in [5.41, 5.74) is 8.98. The van der Waals surface area contributed by atoms with Gasteiger partial charge in [-0.25, -0.2) is 0 Å². The average molecular weight is 253 g/mol. The van der Waals surface area contributed by atoms with Gasteiger partial charge in [0.15, 0.2) is 0 Å². The van der Waals surface area contributed by atoms with Crippen LogP contribution in [0.4, 0.5) is 5.69 Å². The van der Waals surface area contributed by atoms with Crippen LogP contribution in [0.25, 0.3) is 11.3 Å². The Bertz CT molecular complexity index is 489. The predicted octanol–water partition coefficient (Wildman–Crippen LogP) is 3.95. The SMILES string of the molecule is Cc1cc(N)cnc1-c1ccc(Cl)cc1Cl. The number of nitrogens with two attached hydrogens (primary N) is 1. The van der Waals surface area contributed by atoms with Crippen LogP contribution in [-0.4, -0.2) is 4.98 Å². The van der Waals surface area contributed by atoms with Crippen molar-refractivity contribution in [3.8, 4) is 11.3 Å². The lowest BCUT2D eigenvalue weighted by molar-refractivity contribution is 1.27. The van der Waals surface area contributed by atoms with E-state index in [4.69, 9.17) is 28.9 Å². The standard InChI is InChI=1S/C12H10Cl2N2/c1-7-4-9(15)6-16-12(7)10-3-2-8(13)5-11(10)14/h2-6H,15H2,1H3. The number of benzene rings is 1. The number of halogens is 2. The van der Waals surface area contributed by atoms with Crippen molar-refractivity contribution < 1.29 is 0 Å². The highest BCUT2D eigenvalue weighted by molar-refractivity contribution is 6.36. The molecule has 0 aliphatic carbocycles. The molecule has 0 amide bonds. The van der Waals surface area contributed by atoms with Crippen molar-refractivity contribution in [3.63, 3.8) is 0 Å². The van der Waals surface area contributed by atoms with Crippen LogP contribution >= 0.6 is 23.2 Å². The van der Waals surface area contributed by atoms with Crippen LogP contribution in [-0.2, 0) is 0 Å². The maximum Gasteiger partial charge on any atom is 0.0747 e. The van der Waals surface area contributed by atoms with Gasteiger partial charge in [-0.05, 0) is 36.8 Å². The molecule has 1 aromatic carbocycles. The van der Waals surface area contributed by atoms with Crippen molar-refractivity contribution in [2.45, 2.75) is 6.92 Å². The molecular weight excluding hydrogens is 243 g/mol. The molecular formula is C12H10Cl2N2. The number of nitrogens with zero attached hydrogens (tertiary/aromatic N) is 1. The molecule has 82 valence electrons. The Balaban J connectivity index is 2.59. The second kappa shape index (κ2) is 4.32. The van der Waals surface area contributed by atoms with Gasteiger partial charge in [-0.3, -0.25) is 4.98 Å². The summed E-state index contributed by atoms with van der Waals surface area (Å²) >= 11 is 12.0. The number of hydrogen-bond donors (Lipinski definition) is 1. The van der Waals surface area contributed by atoms with E-state index in [9.17, 15) is 0 Å². The lowest BCUT2D eigenvalue weighted by Crippen LogP contribution is -1.93. The monoisotopic (exact) mass is 252 g/mol. The second-order valence-corrected chi connectivity index (χ2v) is 4.40. The molecule has 1 heterocycles. The van der Waals surface area contributed by atoms with Crippen LogP contribution in [0, 0.1) is 6.92 Å². The summed E-state index contributed by atoms with van der Waals surface area (Å²) in [6.45, 7) is 1.95. The van der Waals surface area contributed by atoms with Crippen LogP contribution < -0.4 is 5.73 Å². The van der Waals surface area contributed by atoms with Gasteiger partial charge in [0.2, 0.25) is 0 Å². The molecule has 0 spiro atoms. The summed E-state index contributed by atoms with van der Waals surface area (Å²) in [6.07, 6.45) is 1.62. The van der Waals surface area contributed by atoms with Crippen molar-refractivity contribution >= 4 is 28.9 Å². The van der Waals surface area contributed by atoms with Gasteiger partial charge in [-0.1, -0.05) is 23.2 Å². The van der Waals surface area contributed by atoms with Gasteiger partial charge in [-0.2, -0.15) is 0 Å². The highest BCUT2D eigenvalue weighted by Crippen LogP contribution is 2.31. The molecule has 0 aliphatic rings. The van der Waals surface area contributed by atoms with Gasteiger partial charge in [0, 0.05) is 10.6 Å². The van der Waals surface area contributed by atoms with E-state index < -0.39 is 0 Å². The zero-order valence-electron chi connectivity index (χ0n) is 8.67. The minimum absolute atomic E-state index is 0.591. The first-order valence-corrected chi connectivity index (χ1v) is 5.51. The van der Waals surface area contributed by atoms with Crippen LogP contribution in [0.3, 0.4) is 0 Å². The molecule has 1 aromatic heterocycles. The quantitative estimate of drug-likeness (QED) is 0.835. The minimum atomic E-state index is 0.591. The zero-order valence-corrected chi connectivity index (χ0v) is 10.2. The van der Waals surface area contributed by atoms with Gasteiger partial charge in [0.05, 0.1) is 22.6 Å². The first-order chi connectivity index (χ1) is 7.58. The summed E-state index contributed by atoms with van der Waals surface area (Å²) in [4.78, 5) is 4.29. The Labute approximate surface area is 104 Å². The number of rotatable bonds is 1. The number of aromatic nitrogens is 1. The lowest BCUT2D eigenvalue weighted by Gasteiger charge is -2.07. The second-order valence-electron chi connectivity index (χ2n) is 3.56. The third kappa shape index (κ3) is 2.13. The molecule has 2 aromatic rings. The molecule has 0 fully saturated rings. The fourth-order valence-corrected chi connectivity index (χ4v) is 2.06. The van der Waals surface area contributed by atoms with Crippen molar-refractivity contribution in [3.05, 3.63) is 46.1 Å². The first-order valence-electron chi connectivity index (χ1n) is 4.75. The van der Waals surface area contributed by atoms with Crippen LogP contribution in [0.15, 0.2) is 30.5 Å². The maximum absolute atomic E-state index is 6.12. The van der Waals surface area contributed by atoms with Gasteiger partial charge in [0.25, 0.3) is 0 Å². The molecule has 2 nitrogen and oxygen atoms in total. The Morgan fingerprint density at radius 3 is 2.56 bits per heavy atom. The Morgan fingerprint density at radius 2 is 1.94 bits per heavy atom. The number of anilines is 1. The molecule has 2 N–H and O–H groups in total. The van der Waals surface area contributed by atoms with Gasteiger partial charge in [-0.15, -0.1) is 0 Å². The van der Waals surface area contributed by atoms with Crippen molar-refractivity contribution in [2.24, 2.45) is 0 Å². The summed E-state index contributed by atoms with van der Waals surface area (Å²) in [5, 5.41) is 1.20. The molecule has 0 bridgehead atoms. The highest BCUT2D eigenvalue weighted by atomic mass is 35.5. The lowest BCUT2D eigenvalue weighted by atomic mass is 10.1. The average Bonchev–Trinajstić information content (AvgIpc) is 2.19. The third-order valence-electron chi connectivity index (χ3n) is 2.29. The van der Waals surface area contributed by atoms with E-state index in [0.29, 0.717) is 15.7 Å². The van der Waals surface area contributed by atoms with E-state index in [-0.39, 0.29) is 0 Å². The van der Waals surface area contributed by atoms with Gasteiger partial charge < -0.3 is 5.73 Å². The third-order valence-corrected chi connectivity index (χ3v) is 2.83. The molecule has 0 unspecified atom stereocenters. The van der Waals surface area contributed by atoms with E-state index in [0.717, 1.165) is 16.8 Å². The van der Waals surface area contributed by atoms with Crippen molar-refractivity contribution in [2.75, 3.05) is 5.73 Å². The molecule has 0 saturated heterocycles. The Morgan fingerprint density at radius 1 is 1.19 bits per heavy atom. The van der Waals surface area contributed by atoms with E-state index in [1.54, 1.807) is 18.3 Å². The summed E-state index contributed by atoms with van der Waals surface area (Å²) in [6, 6.07) is 7.22. The normalized spacial score (nSPS) is 10.4. The Kier molecular flexibility index (Phi) is 3.03. The van der Waals surface area contributed by atoms with E-state index >= 15 is 0 Å². The summed E-state index contributed by atoms with van der Waals surface area (Å²) < 4.78 is 0. The topological polar surface area (TPSA) is 38.9 Å². The Hall–Kier alpha value is -1.25. The van der Waals surface area contributed by atoms with E-state index in [1.165, 1.54) is 0 Å². The zero-order chi connectivity index (χ0) is 11.7. The number of pyridine rings is 1. The summed E-state index contributed by atoms with van der Waals surface area (Å²) in [7, 11) is 0. The molecule has 0 aliphatic heterocycles. The molecule has 0 radical (unpaired) electrons. The summed E-state index contributed by atoms with van der Waals surface area (Å²) in [5.74, 6) is 0. The van der Waals surface area contributed by atoms with Crippen LogP contribution in [0.5, 0.6) is 0 Å².